The Morgan fingerprint density at radius 1 is 1.02 bits per heavy atom. The second-order valence-corrected chi connectivity index (χ2v) is 11.8. The third kappa shape index (κ3) is 4.52. The van der Waals surface area contributed by atoms with Crippen molar-refractivity contribution < 1.29 is 49.5 Å². The molecule has 8 N–H and O–H groups in total. The van der Waals surface area contributed by atoms with Gasteiger partial charge in [-0.25, -0.2) is 4.79 Å². The van der Waals surface area contributed by atoms with Crippen LogP contribution in [0.4, 0.5) is 11.4 Å². The van der Waals surface area contributed by atoms with E-state index in [0.29, 0.717) is 11.3 Å². The third-order valence-electron chi connectivity index (χ3n) is 8.83. The van der Waals surface area contributed by atoms with Gasteiger partial charge in [-0.2, -0.15) is 0 Å². The molecule has 0 fully saturated rings. The van der Waals surface area contributed by atoms with Crippen LogP contribution in [-0.4, -0.2) is 99.6 Å². The van der Waals surface area contributed by atoms with E-state index in [9.17, 15) is 49.5 Å². The number of nitrogens with zero attached hydrogens (tertiary/aromatic N) is 2. The molecule has 14 nitrogen and oxygen atoms in total. The van der Waals surface area contributed by atoms with E-state index >= 15 is 0 Å². The van der Waals surface area contributed by atoms with Crippen molar-refractivity contribution in [3.05, 3.63) is 75.3 Å². The normalized spacial score (nSPS) is 24.2. The average Bonchev–Trinajstić information content (AvgIpc) is 2.95. The number of amides is 2. The number of benzene rings is 2. The summed E-state index contributed by atoms with van der Waals surface area (Å²) < 4.78 is 0. The molecule has 0 saturated heterocycles. The van der Waals surface area contributed by atoms with Crippen molar-refractivity contribution >= 4 is 40.7 Å². The average molecular weight is 621 g/mol. The minimum Gasteiger partial charge on any atom is -0.510 e. The lowest BCUT2D eigenvalue weighted by Gasteiger charge is -2.50. The van der Waals surface area contributed by atoms with Crippen LogP contribution in [0.1, 0.15) is 43.1 Å². The molecule has 0 aromatic heterocycles. The summed E-state index contributed by atoms with van der Waals surface area (Å²) in [6.45, 7) is 0. The number of carboxylic acid groups (broad SMARTS) is 1. The number of nitrogens with two attached hydrogens (primary N) is 1. The number of carbonyl (C=O) groups is 5. The van der Waals surface area contributed by atoms with Crippen LogP contribution in [0.15, 0.2) is 53.0 Å². The number of nitrogens with one attached hydrogen (secondary N) is 1. The highest BCUT2D eigenvalue weighted by Crippen LogP contribution is 2.54. The second kappa shape index (κ2) is 10.7. The number of aromatic hydroxyl groups is 1. The maximum atomic E-state index is 14.2. The highest BCUT2D eigenvalue weighted by atomic mass is 16.4. The van der Waals surface area contributed by atoms with Crippen LogP contribution >= 0.6 is 0 Å². The zero-order valence-corrected chi connectivity index (χ0v) is 24.8. The summed E-state index contributed by atoms with van der Waals surface area (Å²) in [6, 6.07) is 5.74. The molecule has 2 aromatic rings. The molecule has 0 aliphatic heterocycles. The lowest BCUT2D eigenvalue weighted by Crippen LogP contribution is -2.63. The summed E-state index contributed by atoms with van der Waals surface area (Å²) in [7, 11) is 6.42. The van der Waals surface area contributed by atoms with Crippen LogP contribution in [0.5, 0.6) is 5.75 Å². The van der Waals surface area contributed by atoms with E-state index in [2.05, 4.69) is 5.32 Å². The Bertz CT molecular complexity index is 1780. The first-order valence-corrected chi connectivity index (χ1v) is 13.9. The van der Waals surface area contributed by atoms with Crippen molar-refractivity contribution in [1.29, 1.82) is 0 Å². The maximum absolute atomic E-state index is 14.2. The predicted octanol–water partition coefficient (Wildman–Crippen LogP) is 1.14. The molecule has 4 unspecified atom stereocenters. The van der Waals surface area contributed by atoms with Gasteiger partial charge in [-0.1, -0.05) is 12.1 Å². The van der Waals surface area contributed by atoms with Crippen LogP contribution < -0.4 is 16.0 Å². The molecular formula is C31H32N4O10. The number of fused-ring (bicyclic) bond motifs is 3. The van der Waals surface area contributed by atoms with Crippen molar-refractivity contribution in [2.45, 2.75) is 24.5 Å². The van der Waals surface area contributed by atoms with Gasteiger partial charge in [0.15, 0.2) is 17.1 Å². The van der Waals surface area contributed by atoms with Crippen LogP contribution in [0, 0.1) is 11.8 Å². The van der Waals surface area contributed by atoms with E-state index in [0.717, 1.165) is 0 Å². The number of Topliss-reactive ketones (excluding diaryl/α,β-unsaturated/α-hetero) is 2. The maximum Gasteiger partial charge on any atom is 0.336 e. The van der Waals surface area contributed by atoms with E-state index in [1.54, 1.807) is 33.1 Å². The lowest BCUT2D eigenvalue weighted by molar-refractivity contribution is -0.148. The van der Waals surface area contributed by atoms with E-state index in [1.165, 1.54) is 35.2 Å². The first-order chi connectivity index (χ1) is 21.0. The van der Waals surface area contributed by atoms with Gasteiger partial charge in [0, 0.05) is 31.3 Å². The van der Waals surface area contributed by atoms with Gasteiger partial charge in [0.2, 0.25) is 5.78 Å². The molecule has 0 saturated carbocycles. The highest BCUT2D eigenvalue weighted by Gasteiger charge is 2.63. The number of aliphatic hydroxyl groups is 3. The number of hydrogen-bond acceptors (Lipinski definition) is 11. The Hall–Kier alpha value is -5.21. The summed E-state index contributed by atoms with van der Waals surface area (Å²) in [5.41, 5.74) is 1.07. The molecule has 3 aliphatic rings. The molecule has 0 spiro atoms. The number of aromatic carboxylic acids is 1. The summed E-state index contributed by atoms with van der Waals surface area (Å²) in [5.74, 6) is -10.1. The molecule has 5 rings (SSSR count). The fourth-order valence-corrected chi connectivity index (χ4v) is 6.85. The number of likely N-dealkylation sites (N-methyl/N-ethyl adjacent to an activating group) is 1. The summed E-state index contributed by atoms with van der Waals surface area (Å²) in [4.78, 5) is 67.8. The Morgan fingerprint density at radius 2 is 1.64 bits per heavy atom. The monoisotopic (exact) mass is 620 g/mol. The van der Waals surface area contributed by atoms with Gasteiger partial charge in [0.05, 0.1) is 28.4 Å². The summed E-state index contributed by atoms with van der Waals surface area (Å²) in [6.07, 6.45) is -0.0322. The van der Waals surface area contributed by atoms with Gasteiger partial charge >= 0.3 is 5.97 Å². The zero-order chi connectivity index (χ0) is 33.3. The van der Waals surface area contributed by atoms with Crippen molar-refractivity contribution in [2.75, 3.05) is 38.4 Å². The lowest BCUT2D eigenvalue weighted by atomic mass is 9.58. The van der Waals surface area contributed by atoms with E-state index in [1.807, 2.05) is 0 Å². The molecule has 0 bridgehead atoms. The van der Waals surface area contributed by atoms with E-state index in [4.69, 9.17) is 5.73 Å². The van der Waals surface area contributed by atoms with Gasteiger partial charge in [0.25, 0.3) is 11.8 Å². The number of allylic oxidation sites excluding steroid dienone is 1. The Morgan fingerprint density at radius 3 is 2.20 bits per heavy atom. The van der Waals surface area contributed by atoms with Gasteiger partial charge < -0.3 is 41.5 Å². The van der Waals surface area contributed by atoms with E-state index in [-0.39, 0.29) is 40.8 Å². The second-order valence-electron chi connectivity index (χ2n) is 11.8. The quantitative estimate of drug-likeness (QED) is 0.178. The van der Waals surface area contributed by atoms with Gasteiger partial charge in [0.1, 0.15) is 17.1 Å². The third-order valence-corrected chi connectivity index (χ3v) is 8.83. The molecule has 4 atom stereocenters. The largest absolute Gasteiger partial charge is 0.510 e. The fourth-order valence-electron chi connectivity index (χ4n) is 6.85. The van der Waals surface area contributed by atoms with Crippen LogP contribution in [0.2, 0.25) is 0 Å². The SMILES string of the molecule is CN(C)c1cc(NC(=O)c2ccccc2C(=O)O)c(O)c2c1CC1CC3C(N(C)C)C(O)=C(C(N)=O)C(=O)C3(O)C(O)=C1C2=O. The molecule has 0 heterocycles. The van der Waals surface area contributed by atoms with Crippen molar-refractivity contribution in [3.63, 3.8) is 0 Å². The molecular weight excluding hydrogens is 588 g/mol. The van der Waals surface area contributed by atoms with Crippen LogP contribution in [0.25, 0.3) is 0 Å². The first kappa shape index (κ1) is 31.2. The summed E-state index contributed by atoms with van der Waals surface area (Å²) >= 11 is 0. The molecule has 3 aliphatic carbocycles. The van der Waals surface area contributed by atoms with Gasteiger partial charge in [-0.3, -0.25) is 24.1 Å². The molecule has 2 aromatic carbocycles. The van der Waals surface area contributed by atoms with Crippen molar-refractivity contribution in [1.82, 2.24) is 4.90 Å². The number of phenolic OH excluding ortho intramolecular Hbond substituents is 1. The minimum absolute atomic E-state index is 0.0473. The standard InChI is InChI=1S/C31H32N4O10/c1-34(2)18-11-17(33-29(42)13-7-5-6-8-14(13)30(43)44)23(36)20-15(18)9-12-10-16-22(35(3)4)25(38)21(28(32)41)27(40)31(16,45)26(39)19(12)24(20)37/h5-8,11-12,16,22,36,38-39,45H,9-10H2,1-4H3,(H2,32,41)(H,33,42)(H,43,44). The predicted molar refractivity (Wildman–Crippen MR) is 159 cm³/mol. The first-order valence-electron chi connectivity index (χ1n) is 13.9. The smallest absolute Gasteiger partial charge is 0.336 e. The van der Waals surface area contributed by atoms with E-state index < -0.39 is 75.7 Å². The number of carbonyl (C=O) groups excluding carboxylic acids is 4. The number of hydrogen-bond donors (Lipinski definition) is 7. The molecule has 14 heteroatoms. The molecule has 0 radical (unpaired) electrons. The van der Waals surface area contributed by atoms with Crippen LogP contribution in [-0.2, 0) is 16.0 Å². The van der Waals surface area contributed by atoms with Crippen molar-refractivity contribution in [3.8, 4) is 5.75 Å². The minimum atomic E-state index is -2.79. The number of phenols is 1. The van der Waals surface area contributed by atoms with Gasteiger partial charge in [-0.15, -0.1) is 0 Å². The highest BCUT2D eigenvalue weighted by molar-refractivity contribution is 6.25. The number of anilines is 2. The number of carboxylic acids is 1. The molecule has 2 amide bonds. The number of primary amides is 1. The fraction of sp³-hybridized carbons (Fsp3) is 0.323. The molecule has 236 valence electrons. The Kier molecular flexibility index (Phi) is 7.46. The number of rotatable bonds is 6. The topological polar surface area (TPSA) is 231 Å². The summed E-state index contributed by atoms with van der Waals surface area (Å²) in [5, 5.41) is 57.6. The zero-order valence-electron chi connectivity index (χ0n) is 24.8. The van der Waals surface area contributed by atoms with Crippen molar-refractivity contribution in [2.24, 2.45) is 17.6 Å². The number of ketones is 2. The Balaban J connectivity index is 1.67. The Labute approximate surface area is 256 Å². The number of aliphatic hydroxyl groups excluding tert-OH is 2. The molecule has 45 heavy (non-hydrogen) atoms. The van der Waals surface area contributed by atoms with Gasteiger partial charge in [-0.05, 0) is 56.6 Å². The van der Waals surface area contributed by atoms with Crippen LogP contribution in [0.3, 0.4) is 0 Å².